The van der Waals surface area contributed by atoms with Gasteiger partial charge in [-0.1, -0.05) is 140 Å². The Kier molecular flexibility index (Phi) is 20.1. The summed E-state index contributed by atoms with van der Waals surface area (Å²) in [5.74, 6) is -0.686. The Morgan fingerprint density at radius 3 is 1.38 bits per heavy atom. The predicted octanol–water partition coefficient (Wildman–Crippen LogP) is 9.51. The molecule has 4 nitrogen and oxygen atoms in total. The molecule has 0 amide bonds. The first-order valence-corrected chi connectivity index (χ1v) is 13.7. The number of carbonyl (C=O) groups is 1. The minimum atomic E-state index is -0.686. The number of carboxylic acid groups (broad SMARTS) is 1. The molecule has 2 aliphatic rings. The molecular formula is C35H48N2O2. The van der Waals surface area contributed by atoms with E-state index in [4.69, 9.17) is 15.6 Å². The first-order chi connectivity index (χ1) is 18.6. The van der Waals surface area contributed by atoms with Gasteiger partial charge in [-0.05, 0) is 42.4 Å². The fourth-order valence-electron chi connectivity index (χ4n) is 3.54. The van der Waals surface area contributed by atoms with Crippen LogP contribution in [0.25, 0.3) is 0 Å². The zero-order valence-corrected chi connectivity index (χ0v) is 23.9. The van der Waals surface area contributed by atoms with Crippen LogP contribution in [0.2, 0.25) is 0 Å². The molecule has 0 aromatic heterocycles. The van der Waals surface area contributed by atoms with E-state index in [2.05, 4.69) is 12.1 Å². The summed E-state index contributed by atoms with van der Waals surface area (Å²) in [6, 6.07) is 33.7. The molecule has 2 aliphatic carbocycles. The first-order valence-electron chi connectivity index (χ1n) is 13.7. The highest BCUT2D eigenvalue weighted by atomic mass is 16.4. The Labute approximate surface area is 238 Å². The van der Waals surface area contributed by atoms with E-state index in [0.717, 1.165) is 36.8 Å². The molecular weight excluding hydrogens is 480 g/mol. The van der Waals surface area contributed by atoms with Crippen LogP contribution < -0.4 is 0 Å². The Balaban J connectivity index is 0. The number of rotatable bonds is 4. The highest BCUT2D eigenvalue weighted by molar-refractivity contribution is 5.84. The van der Waals surface area contributed by atoms with Crippen molar-refractivity contribution < 1.29 is 9.90 Å². The lowest BCUT2D eigenvalue weighted by Crippen LogP contribution is -2.19. The summed E-state index contributed by atoms with van der Waals surface area (Å²) in [5.41, 5.74) is 2.56. The van der Waals surface area contributed by atoms with Crippen molar-refractivity contribution in [3.8, 4) is 12.1 Å². The minimum absolute atomic E-state index is 0. The summed E-state index contributed by atoms with van der Waals surface area (Å²) >= 11 is 0. The summed E-state index contributed by atoms with van der Waals surface area (Å²) in [6.07, 6.45) is 4.15. The summed E-state index contributed by atoms with van der Waals surface area (Å²) in [4.78, 5) is 10.9. The van der Waals surface area contributed by atoms with Gasteiger partial charge < -0.3 is 5.11 Å². The molecule has 2 fully saturated rings. The number of carboxylic acids is 1. The molecule has 5 rings (SSSR count). The lowest BCUT2D eigenvalue weighted by atomic mass is 9.97. The Morgan fingerprint density at radius 1 is 0.692 bits per heavy atom. The summed E-state index contributed by atoms with van der Waals surface area (Å²) in [6.45, 7) is 12.0. The molecule has 3 aromatic carbocycles. The Hall–Kier alpha value is -3.89. The molecule has 0 spiro atoms. The van der Waals surface area contributed by atoms with Gasteiger partial charge in [0.05, 0.1) is 29.4 Å². The molecule has 210 valence electrons. The summed E-state index contributed by atoms with van der Waals surface area (Å²) in [5, 5.41) is 26.1. The van der Waals surface area contributed by atoms with Crippen molar-refractivity contribution >= 4 is 5.97 Å². The van der Waals surface area contributed by atoms with Gasteiger partial charge in [0.2, 0.25) is 0 Å². The third-order valence-electron chi connectivity index (χ3n) is 5.90. The van der Waals surface area contributed by atoms with Crippen LogP contribution >= 0.6 is 0 Å². The van der Waals surface area contributed by atoms with Gasteiger partial charge in [-0.15, -0.1) is 0 Å². The van der Waals surface area contributed by atoms with Gasteiger partial charge in [-0.2, -0.15) is 10.5 Å². The third kappa shape index (κ3) is 12.0. The smallest absolute Gasteiger partial charge is 0.314 e. The second kappa shape index (κ2) is 21.1. The van der Waals surface area contributed by atoms with E-state index in [9.17, 15) is 4.79 Å². The molecule has 0 atom stereocenters. The van der Waals surface area contributed by atoms with Crippen LogP contribution in [0.1, 0.15) is 91.3 Å². The van der Waals surface area contributed by atoms with Gasteiger partial charge in [0.1, 0.15) is 0 Å². The maximum absolute atomic E-state index is 10.9. The van der Waals surface area contributed by atoms with E-state index in [1.165, 1.54) is 5.56 Å². The van der Waals surface area contributed by atoms with E-state index in [0.29, 0.717) is 6.42 Å². The lowest BCUT2D eigenvalue weighted by Gasteiger charge is -2.08. The van der Waals surface area contributed by atoms with Crippen LogP contribution in [0.5, 0.6) is 0 Å². The number of benzene rings is 3. The van der Waals surface area contributed by atoms with Crippen molar-refractivity contribution in [3.05, 3.63) is 108 Å². The second-order valence-corrected chi connectivity index (χ2v) is 8.13. The molecule has 0 saturated heterocycles. The highest BCUT2D eigenvalue weighted by Crippen LogP contribution is 2.48. The maximum Gasteiger partial charge on any atom is 0.314 e. The molecule has 0 radical (unpaired) electrons. The van der Waals surface area contributed by atoms with E-state index < -0.39 is 11.4 Å². The van der Waals surface area contributed by atoms with Crippen molar-refractivity contribution in [1.82, 2.24) is 0 Å². The van der Waals surface area contributed by atoms with Crippen molar-refractivity contribution in [2.24, 2.45) is 0 Å². The molecule has 3 aromatic rings. The lowest BCUT2D eigenvalue weighted by molar-refractivity contribution is -0.140. The van der Waals surface area contributed by atoms with Crippen molar-refractivity contribution in [1.29, 1.82) is 10.5 Å². The van der Waals surface area contributed by atoms with Crippen LogP contribution in [0.15, 0.2) is 91.0 Å². The standard InChI is InChI=1S/C10H9N.C10H10O2.C8H7N.3C2H6.CH4/c11-8-10(6-7-10)9-4-2-1-3-5-9;11-9(12)10(6-7-10)8-4-2-1-3-5-8;9-7-6-8-4-2-1-3-5-8;3*1-2;/h1-5H,6-7H2;1-5H,6-7H2,(H,11,12);1-5H,6H2;3*1-2H3;1H4. The summed E-state index contributed by atoms with van der Waals surface area (Å²) in [7, 11) is 0. The quantitative estimate of drug-likeness (QED) is 0.365. The van der Waals surface area contributed by atoms with Gasteiger partial charge in [0.15, 0.2) is 0 Å². The van der Waals surface area contributed by atoms with Gasteiger partial charge in [-0.25, -0.2) is 0 Å². The van der Waals surface area contributed by atoms with E-state index >= 15 is 0 Å². The van der Waals surface area contributed by atoms with Crippen LogP contribution in [0, 0.1) is 22.7 Å². The Bertz CT molecular complexity index is 1090. The fourth-order valence-corrected chi connectivity index (χ4v) is 3.54. The Morgan fingerprint density at radius 2 is 1.08 bits per heavy atom. The molecule has 1 N–H and O–H groups in total. The van der Waals surface area contributed by atoms with Gasteiger partial charge in [0, 0.05) is 0 Å². The number of hydrogen-bond acceptors (Lipinski definition) is 3. The maximum atomic E-state index is 10.9. The predicted molar refractivity (Wildman–Crippen MR) is 164 cm³/mol. The van der Waals surface area contributed by atoms with Gasteiger partial charge in [-0.3, -0.25) is 4.79 Å². The second-order valence-electron chi connectivity index (χ2n) is 8.13. The number of nitriles is 2. The van der Waals surface area contributed by atoms with Crippen LogP contribution in [-0.4, -0.2) is 11.1 Å². The largest absolute Gasteiger partial charge is 0.481 e. The molecule has 0 unspecified atom stereocenters. The number of aliphatic carboxylic acids is 1. The number of hydrogen-bond donors (Lipinski definition) is 1. The van der Waals surface area contributed by atoms with Crippen molar-refractivity contribution in [3.63, 3.8) is 0 Å². The molecule has 4 heteroatoms. The van der Waals surface area contributed by atoms with E-state index in [1.807, 2.05) is 133 Å². The van der Waals surface area contributed by atoms with Crippen molar-refractivity contribution in [2.45, 2.75) is 91.9 Å². The molecule has 0 heterocycles. The minimum Gasteiger partial charge on any atom is -0.481 e. The molecule has 0 aliphatic heterocycles. The zero-order valence-electron chi connectivity index (χ0n) is 23.9. The average Bonchev–Trinajstić information content (AvgIpc) is 3.94. The van der Waals surface area contributed by atoms with E-state index in [-0.39, 0.29) is 12.8 Å². The first kappa shape index (κ1) is 37.3. The topological polar surface area (TPSA) is 84.9 Å². The van der Waals surface area contributed by atoms with Crippen LogP contribution in [-0.2, 0) is 22.0 Å². The highest BCUT2D eigenvalue weighted by Gasteiger charge is 2.51. The van der Waals surface area contributed by atoms with E-state index in [1.54, 1.807) is 0 Å². The van der Waals surface area contributed by atoms with Crippen LogP contribution in [0.4, 0.5) is 0 Å². The van der Waals surface area contributed by atoms with Crippen molar-refractivity contribution in [2.75, 3.05) is 0 Å². The molecule has 39 heavy (non-hydrogen) atoms. The monoisotopic (exact) mass is 528 g/mol. The average molecular weight is 529 g/mol. The SMILES string of the molecule is C.CC.CC.CC.N#CC1(c2ccccc2)CC1.N#CCc1ccccc1.O=C(O)C1(c2ccccc2)CC1. The normalized spacial score (nSPS) is 13.4. The zero-order chi connectivity index (χ0) is 28.9. The summed E-state index contributed by atoms with van der Waals surface area (Å²) < 4.78 is 0. The van der Waals surface area contributed by atoms with Gasteiger partial charge >= 0.3 is 5.97 Å². The van der Waals surface area contributed by atoms with Crippen LogP contribution in [0.3, 0.4) is 0 Å². The number of nitrogens with zero attached hydrogens (tertiary/aromatic N) is 2. The molecule has 2 saturated carbocycles. The van der Waals surface area contributed by atoms with Gasteiger partial charge in [0.25, 0.3) is 0 Å². The fraction of sp³-hybridized carbons (Fsp3) is 0.400. The third-order valence-corrected chi connectivity index (χ3v) is 5.90. The molecule has 0 bridgehead atoms.